The summed E-state index contributed by atoms with van der Waals surface area (Å²) in [6.45, 7) is 4.64. The van der Waals surface area contributed by atoms with Crippen LogP contribution in [-0.2, 0) is 16.0 Å². The van der Waals surface area contributed by atoms with Gasteiger partial charge in [0.25, 0.3) is 0 Å². The van der Waals surface area contributed by atoms with Gasteiger partial charge in [0.15, 0.2) is 0 Å². The van der Waals surface area contributed by atoms with E-state index in [1.165, 1.54) is 0 Å². The summed E-state index contributed by atoms with van der Waals surface area (Å²) in [5.41, 5.74) is 3.74. The van der Waals surface area contributed by atoms with Gasteiger partial charge in [-0.2, -0.15) is 0 Å². The summed E-state index contributed by atoms with van der Waals surface area (Å²) in [6.07, 6.45) is 2.69. The highest BCUT2D eigenvalue weighted by Gasteiger charge is 2.27. The van der Waals surface area contributed by atoms with Gasteiger partial charge in [-0.05, 0) is 36.6 Å². The first-order valence-corrected chi connectivity index (χ1v) is 10.8. The summed E-state index contributed by atoms with van der Waals surface area (Å²) in [4.78, 5) is 18.8. The highest BCUT2D eigenvalue weighted by atomic mass is 16.5. The molecule has 4 rings (SSSR count). The van der Waals surface area contributed by atoms with Gasteiger partial charge in [0.05, 0.1) is 24.0 Å². The van der Waals surface area contributed by atoms with Gasteiger partial charge in [0.1, 0.15) is 6.10 Å². The lowest BCUT2D eigenvalue weighted by Gasteiger charge is -2.23. The molecule has 0 unspecified atom stereocenters. The summed E-state index contributed by atoms with van der Waals surface area (Å²) >= 11 is 0. The number of hydrogen-bond acceptors (Lipinski definition) is 5. The van der Waals surface area contributed by atoms with Crippen molar-refractivity contribution in [2.75, 3.05) is 19.7 Å². The predicted octanol–water partition coefficient (Wildman–Crippen LogP) is 4.64. The van der Waals surface area contributed by atoms with E-state index in [2.05, 4.69) is 58.4 Å². The van der Waals surface area contributed by atoms with Crippen molar-refractivity contribution in [2.45, 2.75) is 32.1 Å². The molecule has 160 valence electrons. The smallest absolute Gasteiger partial charge is 0.338 e. The summed E-state index contributed by atoms with van der Waals surface area (Å²) in [5, 5.41) is 0. The van der Waals surface area contributed by atoms with Crippen LogP contribution in [0.5, 0.6) is 0 Å². The molecular weight excluding hydrogens is 388 g/mol. The number of carbonyl (C=O) groups is 1. The number of rotatable bonds is 8. The SMILES string of the molecule is CCOC(=O)c1ccnc(CN2CC[C@@H](OC(c3ccccc3)c3ccccc3)C2)c1. The third-order valence-corrected chi connectivity index (χ3v) is 5.48. The van der Waals surface area contributed by atoms with Crippen LogP contribution in [0.25, 0.3) is 0 Å². The third kappa shape index (κ3) is 5.57. The van der Waals surface area contributed by atoms with E-state index in [1.807, 2.05) is 25.1 Å². The number of benzene rings is 2. The molecule has 1 aliphatic rings. The highest BCUT2D eigenvalue weighted by molar-refractivity contribution is 5.89. The zero-order valence-electron chi connectivity index (χ0n) is 17.8. The minimum atomic E-state index is -0.303. The largest absolute Gasteiger partial charge is 0.462 e. The minimum absolute atomic E-state index is 0.0855. The van der Waals surface area contributed by atoms with E-state index in [1.54, 1.807) is 12.3 Å². The highest BCUT2D eigenvalue weighted by Crippen LogP contribution is 2.30. The van der Waals surface area contributed by atoms with Crippen molar-refractivity contribution in [3.05, 3.63) is 101 Å². The lowest BCUT2D eigenvalue weighted by molar-refractivity contribution is 0.0138. The molecule has 1 atom stereocenters. The molecule has 1 saturated heterocycles. The van der Waals surface area contributed by atoms with Gasteiger partial charge in [-0.25, -0.2) is 4.79 Å². The zero-order chi connectivity index (χ0) is 21.5. The van der Waals surface area contributed by atoms with E-state index >= 15 is 0 Å². The maximum absolute atomic E-state index is 12.0. The van der Waals surface area contributed by atoms with E-state index in [0.29, 0.717) is 18.7 Å². The summed E-state index contributed by atoms with van der Waals surface area (Å²) in [5.74, 6) is -0.303. The molecule has 3 aromatic rings. The molecule has 1 aromatic heterocycles. The van der Waals surface area contributed by atoms with Gasteiger partial charge >= 0.3 is 5.97 Å². The Morgan fingerprint density at radius 3 is 2.39 bits per heavy atom. The summed E-state index contributed by atoms with van der Waals surface area (Å²) in [7, 11) is 0. The first kappa shape index (κ1) is 21.2. The van der Waals surface area contributed by atoms with E-state index < -0.39 is 0 Å². The molecular formula is C26H28N2O3. The Bertz CT molecular complexity index is 939. The lowest BCUT2D eigenvalue weighted by atomic mass is 10.0. The van der Waals surface area contributed by atoms with Crippen LogP contribution in [0.4, 0.5) is 0 Å². The molecule has 2 heterocycles. The number of hydrogen-bond donors (Lipinski definition) is 0. The summed E-state index contributed by atoms with van der Waals surface area (Å²) in [6, 6.07) is 24.3. The molecule has 2 aromatic carbocycles. The number of likely N-dealkylation sites (tertiary alicyclic amines) is 1. The molecule has 5 nitrogen and oxygen atoms in total. The van der Waals surface area contributed by atoms with Crippen molar-refractivity contribution in [3.8, 4) is 0 Å². The number of carbonyl (C=O) groups excluding carboxylic acids is 1. The maximum Gasteiger partial charge on any atom is 0.338 e. The Morgan fingerprint density at radius 1 is 1.06 bits per heavy atom. The molecule has 0 saturated carbocycles. The molecule has 0 bridgehead atoms. The second-order valence-corrected chi connectivity index (χ2v) is 7.74. The monoisotopic (exact) mass is 416 g/mol. The molecule has 1 aliphatic heterocycles. The molecule has 0 spiro atoms. The topological polar surface area (TPSA) is 51.7 Å². The molecule has 0 aliphatic carbocycles. The fourth-order valence-electron chi connectivity index (χ4n) is 3.98. The first-order chi connectivity index (χ1) is 15.2. The lowest BCUT2D eigenvalue weighted by Crippen LogP contribution is -2.25. The molecule has 1 fully saturated rings. The molecule has 0 N–H and O–H groups in total. The Hall–Kier alpha value is -3.02. The van der Waals surface area contributed by atoms with Crippen molar-refractivity contribution >= 4 is 5.97 Å². The summed E-state index contributed by atoms with van der Waals surface area (Å²) < 4.78 is 11.7. The van der Waals surface area contributed by atoms with Crippen LogP contribution in [0.2, 0.25) is 0 Å². The maximum atomic E-state index is 12.0. The van der Waals surface area contributed by atoms with Gasteiger partial charge in [-0.3, -0.25) is 9.88 Å². The fourth-order valence-corrected chi connectivity index (χ4v) is 3.98. The first-order valence-electron chi connectivity index (χ1n) is 10.8. The molecule has 0 amide bonds. The van der Waals surface area contributed by atoms with Gasteiger partial charge in [0.2, 0.25) is 0 Å². The van der Waals surface area contributed by atoms with Crippen LogP contribution in [0.3, 0.4) is 0 Å². The van der Waals surface area contributed by atoms with Crippen LogP contribution in [0, 0.1) is 0 Å². The van der Waals surface area contributed by atoms with Crippen molar-refractivity contribution in [1.29, 1.82) is 0 Å². The van der Waals surface area contributed by atoms with Crippen molar-refractivity contribution in [2.24, 2.45) is 0 Å². The van der Waals surface area contributed by atoms with Gasteiger partial charge < -0.3 is 9.47 Å². The van der Waals surface area contributed by atoms with Crippen LogP contribution >= 0.6 is 0 Å². The van der Waals surface area contributed by atoms with E-state index in [4.69, 9.17) is 9.47 Å². The van der Waals surface area contributed by atoms with Crippen LogP contribution < -0.4 is 0 Å². The zero-order valence-corrected chi connectivity index (χ0v) is 17.8. The van der Waals surface area contributed by atoms with Crippen molar-refractivity contribution < 1.29 is 14.3 Å². The van der Waals surface area contributed by atoms with Gasteiger partial charge in [-0.15, -0.1) is 0 Å². The number of aromatic nitrogens is 1. The number of pyridine rings is 1. The quantitative estimate of drug-likeness (QED) is 0.501. The van der Waals surface area contributed by atoms with Gasteiger partial charge in [0, 0.05) is 25.8 Å². The second kappa shape index (κ2) is 10.3. The third-order valence-electron chi connectivity index (χ3n) is 5.48. The van der Waals surface area contributed by atoms with Crippen molar-refractivity contribution in [1.82, 2.24) is 9.88 Å². The van der Waals surface area contributed by atoms with E-state index in [9.17, 15) is 4.79 Å². The average Bonchev–Trinajstić information content (AvgIpc) is 3.26. The average molecular weight is 417 g/mol. The normalized spacial score (nSPS) is 16.5. The van der Waals surface area contributed by atoms with Gasteiger partial charge in [-0.1, -0.05) is 60.7 Å². The minimum Gasteiger partial charge on any atom is -0.462 e. The van der Waals surface area contributed by atoms with Crippen LogP contribution in [-0.4, -0.2) is 41.7 Å². The number of ether oxygens (including phenoxy) is 2. The molecule has 0 radical (unpaired) electrons. The van der Waals surface area contributed by atoms with E-state index in [0.717, 1.165) is 36.3 Å². The second-order valence-electron chi connectivity index (χ2n) is 7.74. The predicted molar refractivity (Wildman–Crippen MR) is 120 cm³/mol. The molecule has 31 heavy (non-hydrogen) atoms. The Kier molecular flexibility index (Phi) is 7.07. The number of esters is 1. The standard InChI is InChI=1S/C26H28N2O3/c1-2-30-26(29)22-13-15-27-23(17-22)18-28-16-14-24(19-28)31-25(20-9-5-3-6-10-20)21-11-7-4-8-12-21/h3-13,15,17,24-25H,2,14,16,18-19H2,1H3/t24-/m1/s1. The van der Waals surface area contributed by atoms with Crippen molar-refractivity contribution in [3.63, 3.8) is 0 Å². The Morgan fingerprint density at radius 2 is 1.74 bits per heavy atom. The van der Waals surface area contributed by atoms with Crippen LogP contribution in [0.15, 0.2) is 79.0 Å². The Balaban J connectivity index is 1.41. The fraction of sp³-hybridized carbons (Fsp3) is 0.308. The molecule has 5 heteroatoms. The van der Waals surface area contributed by atoms with E-state index in [-0.39, 0.29) is 18.2 Å². The Labute approximate surface area is 183 Å². The van der Waals surface area contributed by atoms with Crippen LogP contribution in [0.1, 0.15) is 46.6 Å². The number of nitrogens with zero attached hydrogens (tertiary/aromatic N) is 2.